The van der Waals surface area contributed by atoms with Gasteiger partial charge in [0.15, 0.2) is 0 Å². The van der Waals surface area contributed by atoms with Gasteiger partial charge < -0.3 is 15.3 Å². The SMILES string of the molecule is CC(=NCCc1ccc(F)cc1)Nc1ccc2c(c1)C(N(c1ccccc1)c1ccccc1)C(O)C2. The monoisotopic (exact) mass is 479 g/mol. The van der Waals surface area contributed by atoms with Gasteiger partial charge in [-0.1, -0.05) is 54.6 Å². The minimum atomic E-state index is -0.527. The fourth-order valence-electron chi connectivity index (χ4n) is 4.89. The molecule has 0 aromatic heterocycles. The third-order valence-electron chi connectivity index (χ3n) is 6.59. The zero-order valence-corrected chi connectivity index (χ0v) is 20.3. The van der Waals surface area contributed by atoms with Crippen molar-refractivity contribution in [3.8, 4) is 0 Å². The van der Waals surface area contributed by atoms with Crippen LogP contribution < -0.4 is 10.2 Å². The number of hydrogen-bond acceptors (Lipinski definition) is 3. The average Bonchev–Trinajstić information content (AvgIpc) is 3.22. The molecule has 2 atom stereocenters. The Kier molecular flexibility index (Phi) is 7.10. The molecule has 0 amide bonds. The smallest absolute Gasteiger partial charge is 0.123 e. The molecule has 4 nitrogen and oxygen atoms in total. The Morgan fingerprint density at radius 2 is 1.56 bits per heavy atom. The highest BCUT2D eigenvalue weighted by atomic mass is 19.1. The van der Waals surface area contributed by atoms with Crippen molar-refractivity contribution in [3.63, 3.8) is 0 Å². The molecule has 0 spiro atoms. The molecule has 2 N–H and O–H groups in total. The summed E-state index contributed by atoms with van der Waals surface area (Å²) in [6.45, 7) is 2.57. The molecule has 0 aliphatic heterocycles. The normalized spacial score (nSPS) is 17.0. The molecule has 0 bridgehead atoms. The molecule has 5 rings (SSSR count). The summed E-state index contributed by atoms with van der Waals surface area (Å²) >= 11 is 0. The summed E-state index contributed by atoms with van der Waals surface area (Å²) in [5, 5.41) is 14.6. The van der Waals surface area contributed by atoms with Gasteiger partial charge in [0, 0.05) is 30.0 Å². The Balaban J connectivity index is 1.38. The van der Waals surface area contributed by atoms with Gasteiger partial charge in [0.2, 0.25) is 0 Å². The minimum Gasteiger partial charge on any atom is -0.390 e. The molecule has 0 heterocycles. The van der Waals surface area contributed by atoms with Crippen LogP contribution in [0, 0.1) is 5.82 Å². The summed E-state index contributed by atoms with van der Waals surface area (Å²) < 4.78 is 13.1. The van der Waals surface area contributed by atoms with Crippen LogP contribution in [-0.4, -0.2) is 23.6 Å². The van der Waals surface area contributed by atoms with E-state index in [4.69, 9.17) is 0 Å². The summed E-state index contributed by atoms with van der Waals surface area (Å²) in [4.78, 5) is 6.87. The van der Waals surface area contributed by atoms with Gasteiger partial charge in [0.25, 0.3) is 0 Å². The number of fused-ring (bicyclic) bond motifs is 1. The Bertz CT molecular complexity index is 1280. The molecule has 4 aromatic rings. The largest absolute Gasteiger partial charge is 0.390 e. The van der Waals surface area contributed by atoms with Gasteiger partial charge in [-0.2, -0.15) is 0 Å². The molecule has 2 unspecified atom stereocenters. The van der Waals surface area contributed by atoms with E-state index in [-0.39, 0.29) is 11.9 Å². The third kappa shape index (κ3) is 5.31. The fraction of sp³-hybridized carbons (Fsp3) is 0.194. The Morgan fingerprint density at radius 1 is 0.917 bits per heavy atom. The maximum atomic E-state index is 13.1. The molecule has 36 heavy (non-hydrogen) atoms. The van der Waals surface area contributed by atoms with Crippen molar-refractivity contribution >= 4 is 22.9 Å². The second-order valence-corrected chi connectivity index (χ2v) is 9.14. The van der Waals surface area contributed by atoms with Gasteiger partial charge in [-0.3, -0.25) is 4.99 Å². The summed E-state index contributed by atoms with van der Waals surface area (Å²) in [6.07, 6.45) is 0.836. The molecule has 0 saturated carbocycles. The molecule has 1 aliphatic carbocycles. The van der Waals surface area contributed by atoms with E-state index >= 15 is 0 Å². The first-order valence-corrected chi connectivity index (χ1v) is 12.3. The lowest BCUT2D eigenvalue weighted by Gasteiger charge is -2.34. The topological polar surface area (TPSA) is 47.9 Å². The second kappa shape index (κ2) is 10.8. The van der Waals surface area contributed by atoms with Crippen molar-refractivity contribution in [1.29, 1.82) is 0 Å². The van der Waals surface area contributed by atoms with Crippen molar-refractivity contribution < 1.29 is 9.50 Å². The number of halogens is 1. The maximum Gasteiger partial charge on any atom is 0.123 e. The molecule has 182 valence electrons. The van der Waals surface area contributed by atoms with E-state index in [2.05, 4.69) is 51.6 Å². The number of aliphatic hydroxyl groups is 1. The van der Waals surface area contributed by atoms with Gasteiger partial charge in [-0.25, -0.2) is 4.39 Å². The molecular weight excluding hydrogens is 449 g/mol. The Hall–Kier alpha value is -3.96. The molecule has 1 aliphatic rings. The quantitative estimate of drug-likeness (QED) is 0.229. The van der Waals surface area contributed by atoms with Crippen LogP contribution >= 0.6 is 0 Å². The van der Waals surface area contributed by atoms with E-state index in [1.165, 1.54) is 12.1 Å². The first-order chi connectivity index (χ1) is 17.6. The van der Waals surface area contributed by atoms with Crippen molar-refractivity contribution in [2.45, 2.75) is 31.9 Å². The van der Waals surface area contributed by atoms with Crippen LogP contribution in [0.15, 0.2) is 108 Å². The lowest BCUT2D eigenvalue weighted by molar-refractivity contribution is 0.158. The van der Waals surface area contributed by atoms with E-state index in [0.29, 0.717) is 13.0 Å². The number of aliphatic hydroxyl groups excluding tert-OH is 1. The molecule has 0 radical (unpaired) electrons. The van der Waals surface area contributed by atoms with Crippen LogP contribution in [-0.2, 0) is 12.8 Å². The highest BCUT2D eigenvalue weighted by Gasteiger charge is 2.36. The van der Waals surface area contributed by atoms with Gasteiger partial charge in [-0.05, 0) is 78.6 Å². The fourth-order valence-corrected chi connectivity index (χ4v) is 4.89. The minimum absolute atomic E-state index is 0.206. The van der Waals surface area contributed by atoms with E-state index in [1.54, 1.807) is 12.1 Å². The highest BCUT2D eigenvalue weighted by Crippen LogP contribution is 2.43. The molecular formula is C31H30FN3O. The third-order valence-corrected chi connectivity index (χ3v) is 6.59. The van der Waals surface area contributed by atoms with E-state index < -0.39 is 6.10 Å². The van der Waals surface area contributed by atoms with Crippen LogP contribution in [0.3, 0.4) is 0 Å². The number of benzene rings is 4. The van der Waals surface area contributed by atoms with Gasteiger partial charge in [0.1, 0.15) is 5.82 Å². The first-order valence-electron chi connectivity index (χ1n) is 12.3. The number of amidine groups is 1. The lowest BCUT2D eigenvalue weighted by atomic mass is 10.0. The van der Waals surface area contributed by atoms with Crippen LogP contribution in [0.25, 0.3) is 0 Å². The first kappa shape index (κ1) is 23.8. The predicted octanol–water partition coefficient (Wildman–Crippen LogP) is 6.70. The van der Waals surface area contributed by atoms with Crippen molar-refractivity contribution in [1.82, 2.24) is 0 Å². The molecule has 5 heteroatoms. The Labute approximate surface area is 211 Å². The van der Waals surface area contributed by atoms with Gasteiger partial charge in [-0.15, -0.1) is 0 Å². The van der Waals surface area contributed by atoms with E-state index in [1.807, 2.05) is 49.4 Å². The number of para-hydroxylation sites is 2. The van der Waals surface area contributed by atoms with Crippen LogP contribution in [0.4, 0.5) is 21.5 Å². The van der Waals surface area contributed by atoms with Gasteiger partial charge >= 0.3 is 0 Å². The number of aliphatic imine (C=N–C) groups is 1. The molecule has 4 aromatic carbocycles. The van der Waals surface area contributed by atoms with E-state index in [9.17, 15) is 9.50 Å². The van der Waals surface area contributed by atoms with Crippen LogP contribution in [0.1, 0.15) is 29.7 Å². The van der Waals surface area contributed by atoms with Gasteiger partial charge in [0.05, 0.1) is 18.0 Å². The maximum absolute atomic E-state index is 13.1. The molecule has 0 saturated heterocycles. The number of nitrogens with one attached hydrogen (secondary N) is 1. The summed E-state index contributed by atoms with van der Waals surface area (Å²) in [6, 6.07) is 33.1. The summed E-state index contributed by atoms with van der Waals surface area (Å²) in [5.74, 6) is 0.591. The lowest BCUT2D eigenvalue weighted by Crippen LogP contribution is -2.30. The summed E-state index contributed by atoms with van der Waals surface area (Å²) in [5.41, 5.74) is 6.34. The Morgan fingerprint density at radius 3 is 2.19 bits per heavy atom. The number of nitrogens with zero attached hydrogens (tertiary/aromatic N) is 2. The van der Waals surface area contributed by atoms with E-state index in [0.717, 1.165) is 46.0 Å². The zero-order valence-electron chi connectivity index (χ0n) is 20.3. The second-order valence-electron chi connectivity index (χ2n) is 9.14. The average molecular weight is 480 g/mol. The van der Waals surface area contributed by atoms with Crippen molar-refractivity contribution in [2.75, 3.05) is 16.8 Å². The van der Waals surface area contributed by atoms with Crippen LogP contribution in [0.5, 0.6) is 0 Å². The number of hydrogen-bond donors (Lipinski definition) is 2. The molecule has 0 fully saturated rings. The number of anilines is 3. The zero-order chi connectivity index (χ0) is 24.9. The highest BCUT2D eigenvalue weighted by molar-refractivity contribution is 5.93. The van der Waals surface area contributed by atoms with Crippen molar-refractivity contribution in [2.24, 2.45) is 4.99 Å². The standard InChI is InChI=1S/C31H30FN3O/c1-22(33-19-18-23-12-15-25(32)16-13-23)34-26-17-14-24-20-30(36)31(29(24)21-26)35(27-8-4-2-5-9-27)28-10-6-3-7-11-28/h2-17,21,30-31,36H,18-20H2,1H3,(H,33,34). The van der Waals surface area contributed by atoms with Crippen LogP contribution in [0.2, 0.25) is 0 Å². The number of rotatable bonds is 7. The predicted molar refractivity (Wildman–Crippen MR) is 146 cm³/mol. The van der Waals surface area contributed by atoms with Crippen molar-refractivity contribution in [3.05, 3.63) is 126 Å². The summed E-state index contributed by atoms with van der Waals surface area (Å²) in [7, 11) is 0.